The Morgan fingerprint density at radius 1 is 1.35 bits per heavy atom. The maximum Gasteiger partial charge on any atom is 0.162 e. The van der Waals surface area contributed by atoms with E-state index in [0.717, 1.165) is 12.1 Å². The highest BCUT2D eigenvalue weighted by Crippen LogP contribution is 2.22. The molecule has 1 aromatic heterocycles. The first-order valence-electron chi connectivity index (χ1n) is 8.86. The highest BCUT2D eigenvalue weighted by molar-refractivity contribution is 5.16. The summed E-state index contributed by atoms with van der Waals surface area (Å²) in [5.74, 6) is 0.447. The Labute approximate surface area is 152 Å². The maximum atomic E-state index is 13.6. The number of halogens is 1. The topological polar surface area (TPSA) is 76.8 Å². The lowest BCUT2D eigenvalue weighted by Crippen LogP contribution is -2.45. The highest BCUT2D eigenvalue weighted by atomic mass is 19.1. The van der Waals surface area contributed by atoms with Gasteiger partial charge in [-0.1, -0.05) is 23.4 Å². The monoisotopic (exact) mass is 364 g/mol. The van der Waals surface area contributed by atoms with Gasteiger partial charge in [0.05, 0.1) is 24.0 Å². The van der Waals surface area contributed by atoms with E-state index in [-0.39, 0.29) is 18.0 Å². The molecule has 26 heavy (non-hydrogen) atoms. The minimum atomic E-state index is -0.527. The number of methoxy groups -OCH3 is 1. The molecule has 1 aliphatic rings. The van der Waals surface area contributed by atoms with E-state index in [1.54, 1.807) is 25.3 Å². The predicted octanol–water partition coefficient (Wildman–Crippen LogP) is 2.20. The molecule has 6 nitrogen and oxygen atoms in total. The van der Waals surface area contributed by atoms with Crippen LogP contribution in [-0.2, 0) is 29.0 Å². The van der Waals surface area contributed by atoms with Gasteiger partial charge < -0.3 is 24.4 Å². The standard InChI is InChI=1S/C19H25FN2O4/c1-24-12-16-9-14(22-26-16)8-15-6-7-18(23)19(25-15)11-21-10-13-4-2-3-5-17(13)20/h2-5,9,15,18-19,21,23H,6-8,10-12H2,1H3/t15-,18-,19+/m0/s1. The lowest BCUT2D eigenvalue weighted by molar-refractivity contribution is -0.115. The molecule has 0 amide bonds. The molecule has 0 aliphatic carbocycles. The van der Waals surface area contributed by atoms with Crippen LogP contribution in [0.4, 0.5) is 4.39 Å². The molecule has 0 radical (unpaired) electrons. The summed E-state index contributed by atoms with van der Waals surface area (Å²) in [5, 5.41) is 17.4. The molecular formula is C19H25FN2O4. The zero-order valence-corrected chi connectivity index (χ0v) is 14.9. The minimum absolute atomic E-state index is 0.0286. The second-order valence-electron chi connectivity index (χ2n) is 6.59. The van der Waals surface area contributed by atoms with Gasteiger partial charge in [0.1, 0.15) is 12.4 Å². The molecule has 2 N–H and O–H groups in total. The van der Waals surface area contributed by atoms with Gasteiger partial charge in [0.15, 0.2) is 5.76 Å². The molecule has 1 saturated heterocycles. The van der Waals surface area contributed by atoms with Crippen molar-refractivity contribution in [1.29, 1.82) is 0 Å². The minimum Gasteiger partial charge on any atom is -0.390 e. The Morgan fingerprint density at radius 2 is 2.19 bits per heavy atom. The molecule has 142 valence electrons. The molecular weight excluding hydrogens is 339 g/mol. The predicted molar refractivity (Wildman–Crippen MR) is 92.9 cm³/mol. The van der Waals surface area contributed by atoms with Gasteiger partial charge in [-0.05, 0) is 18.9 Å². The molecule has 2 aromatic rings. The van der Waals surface area contributed by atoms with Crippen LogP contribution in [0, 0.1) is 5.82 Å². The van der Waals surface area contributed by atoms with E-state index in [1.165, 1.54) is 6.07 Å². The number of hydrogen-bond donors (Lipinski definition) is 2. The summed E-state index contributed by atoms with van der Waals surface area (Å²) in [6.45, 7) is 1.24. The summed E-state index contributed by atoms with van der Waals surface area (Å²) in [6, 6.07) is 8.51. The average molecular weight is 364 g/mol. The molecule has 0 spiro atoms. The maximum absolute atomic E-state index is 13.6. The van der Waals surface area contributed by atoms with Crippen molar-refractivity contribution >= 4 is 0 Å². The zero-order valence-electron chi connectivity index (χ0n) is 14.9. The number of ether oxygens (including phenoxy) is 2. The average Bonchev–Trinajstić information content (AvgIpc) is 3.07. The summed E-state index contributed by atoms with van der Waals surface area (Å²) in [7, 11) is 1.60. The molecule has 0 unspecified atom stereocenters. The molecule has 0 bridgehead atoms. The SMILES string of the molecule is COCc1cc(C[C@@H]2CC[C@H](O)[C@@H](CNCc3ccccc3F)O2)no1. The van der Waals surface area contributed by atoms with E-state index in [0.29, 0.717) is 43.9 Å². The molecule has 3 atom stereocenters. The Kier molecular flexibility index (Phi) is 6.73. The van der Waals surface area contributed by atoms with Crippen LogP contribution in [0.1, 0.15) is 29.9 Å². The van der Waals surface area contributed by atoms with Crippen LogP contribution in [0.3, 0.4) is 0 Å². The van der Waals surface area contributed by atoms with Crippen molar-refractivity contribution in [2.75, 3.05) is 13.7 Å². The third-order valence-corrected chi connectivity index (χ3v) is 4.53. The van der Waals surface area contributed by atoms with Gasteiger partial charge in [-0.2, -0.15) is 0 Å². The van der Waals surface area contributed by atoms with E-state index in [9.17, 15) is 9.50 Å². The van der Waals surface area contributed by atoms with Gasteiger partial charge in [-0.25, -0.2) is 4.39 Å². The molecule has 1 fully saturated rings. The van der Waals surface area contributed by atoms with Crippen LogP contribution in [-0.4, -0.2) is 42.2 Å². The Bertz CT molecular complexity index is 694. The van der Waals surface area contributed by atoms with Crippen molar-refractivity contribution in [2.45, 2.75) is 50.7 Å². The van der Waals surface area contributed by atoms with Crippen LogP contribution in [0.2, 0.25) is 0 Å². The van der Waals surface area contributed by atoms with Crippen molar-refractivity contribution in [3.8, 4) is 0 Å². The third-order valence-electron chi connectivity index (χ3n) is 4.53. The van der Waals surface area contributed by atoms with Gasteiger partial charge in [-0.3, -0.25) is 0 Å². The number of nitrogens with one attached hydrogen (secondary N) is 1. The fourth-order valence-corrected chi connectivity index (χ4v) is 3.17. The van der Waals surface area contributed by atoms with E-state index in [4.69, 9.17) is 14.0 Å². The van der Waals surface area contributed by atoms with Gasteiger partial charge in [0, 0.05) is 38.2 Å². The van der Waals surface area contributed by atoms with E-state index in [2.05, 4.69) is 10.5 Å². The van der Waals surface area contributed by atoms with Crippen molar-refractivity contribution in [3.63, 3.8) is 0 Å². The van der Waals surface area contributed by atoms with Crippen LogP contribution in [0.15, 0.2) is 34.9 Å². The van der Waals surface area contributed by atoms with E-state index >= 15 is 0 Å². The molecule has 1 aliphatic heterocycles. The number of aliphatic hydroxyl groups is 1. The number of benzene rings is 1. The smallest absolute Gasteiger partial charge is 0.162 e. The third kappa shape index (κ3) is 5.11. The van der Waals surface area contributed by atoms with Crippen LogP contribution < -0.4 is 5.32 Å². The summed E-state index contributed by atoms with van der Waals surface area (Å²) in [6.07, 6.45) is 1.17. The number of aliphatic hydroxyl groups excluding tert-OH is 1. The highest BCUT2D eigenvalue weighted by Gasteiger charge is 2.30. The molecule has 2 heterocycles. The van der Waals surface area contributed by atoms with E-state index < -0.39 is 6.10 Å². The van der Waals surface area contributed by atoms with Crippen molar-refractivity contribution in [3.05, 3.63) is 53.2 Å². The second kappa shape index (κ2) is 9.23. The molecule has 7 heteroatoms. The first-order chi connectivity index (χ1) is 12.7. The van der Waals surface area contributed by atoms with E-state index in [1.807, 2.05) is 6.07 Å². The molecule has 3 rings (SSSR count). The normalized spacial score (nSPS) is 23.3. The Hall–Kier alpha value is -1.80. The van der Waals surface area contributed by atoms with Gasteiger partial charge in [0.2, 0.25) is 0 Å². The fourth-order valence-electron chi connectivity index (χ4n) is 3.17. The Morgan fingerprint density at radius 3 is 3.00 bits per heavy atom. The van der Waals surface area contributed by atoms with Crippen LogP contribution >= 0.6 is 0 Å². The largest absolute Gasteiger partial charge is 0.390 e. The lowest BCUT2D eigenvalue weighted by atomic mass is 9.98. The first kappa shape index (κ1) is 19.0. The molecule has 0 saturated carbocycles. The van der Waals surface area contributed by atoms with Gasteiger partial charge in [-0.15, -0.1) is 0 Å². The summed E-state index contributed by atoms with van der Waals surface area (Å²) in [5.41, 5.74) is 1.42. The second-order valence-corrected chi connectivity index (χ2v) is 6.59. The summed E-state index contributed by atoms with van der Waals surface area (Å²) < 4.78 is 29.9. The number of aromatic nitrogens is 1. The number of rotatable bonds is 8. The first-order valence-corrected chi connectivity index (χ1v) is 8.86. The Balaban J connectivity index is 1.48. The lowest BCUT2D eigenvalue weighted by Gasteiger charge is -2.34. The summed E-state index contributed by atoms with van der Waals surface area (Å²) in [4.78, 5) is 0. The van der Waals surface area contributed by atoms with Gasteiger partial charge in [0.25, 0.3) is 0 Å². The number of hydrogen-bond acceptors (Lipinski definition) is 6. The van der Waals surface area contributed by atoms with Crippen molar-refractivity contribution in [2.24, 2.45) is 0 Å². The zero-order chi connectivity index (χ0) is 18.4. The van der Waals surface area contributed by atoms with Crippen LogP contribution in [0.25, 0.3) is 0 Å². The number of nitrogens with zero attached hydrogens (tertiary/aromatic N) is 1. The van der Waals surface area contributed by atoms with Crippen LogP contribution in [0.5, 0.6) is 0 Å². The van der Waals surface area contributed by atoms with Gasteiger partial charge >= 0.3 is 0 Å². The van der Waals surface area contributed by atoms with Crippen molar-refractivity contribution < 1.29 is 23.5 Å². The molecule has 1 aromatic carbocycles. The fraction of sp³-hybridized carbons (Fsp3) is 0.526. The quantitative estimate of drug-likeness (QED) is 0.748. The van der Waals surface area contributed by atoms with Crippen molar-refractivity contribution in [1.82, 2.24) is 10.5 Å². The summed E-state index contributed by atoms with van der Waals surface area (Å²) >= 11 is 0.